The minimum absolute atomic E-state index is 0.167. The Bertz CT molecular complexity index is 260. The molecule has 0 spiro atoms. The van der Waals surface area contributed by atoms with E-state index in [1.54, 1.807) is 0 Å². The molecule has 0 radical (unpaired) electrons. The lowest BCUT2D eigenvalue weighted by Crippen LogP contribution is -2.36. The van der Waals surface area contributed by atoms with Gasteiger partial charge in [0.25, 0.3) is 0 Å². The molecule has 0 aromatic rings. The van der Waals surface area contributed by atoms with Crippen LogP contribution in [0.4, 0.5) is 4.79 Å². The monoisotopic (exact) mass is 227 g/mol. The van der Waals surface area contributed by atoms with Crippen molar-refractivity contribution in [3.05, 3.63) is 0 Å². The van der Waals surface area contributed by atoms with Gasteiger partial charge in [-0.2, -0.15) is 0 Å². The summed E-state index contributed by atoms with van der Waals surface area (Å²) in [6, 6.07) is 0. The molecule has 1 heterocycles. The van der Waals surface area contributed by atoms with E-state index in [1.807, 2.05) is 25.7 Å². The Labute approximate surface area is 99.1 Å². The molecular formula is C13H25NO2. The summed E-state index contributed by atoms with van der Waals surface area (Å²) in [7, 11) is 0. The van der Waals surface area contributed by atoms with Crippen molar-refractivity contribution in [3.63, 3.8) is 0 Å². The van der Waals surface area contributed by atoms with E-state index in [-0.39, 0.29) is 11.5 Å². The van der Waals surface area contributed by atoms with E-state index in [1.165, 1.54) is 0 Å². The zero-order valence-corrected chi connectivity index (χ0v) is 11.5. The Kier molecular flexibility index (Phi) is 3.56. The predicted molar refractivity (Wildman–Crippen MR) is 65.4 cm³/mol. The van der Waals surface area contributed by atoms with Crippen LogP contribution in [0.25, 0.3) is 0 Å². The average Bonchev–Trinajstić information content (AvgIpc) is 2.46. The zero-order chi connectivity index (χ0) is 12.6. The third-order valence-electron chi connectivity index (χ3n) is 3.06. The molecule has 1 amide bonds. The van der Waals surface area contributed by atoms with E-state index < -0.39 is 5.60 Å². The van der Waals surface area contributed by atoms with Gasteiger partial charge in [-0.25, -0.2) is 4.79 Å². The van der Waals surface area contributed by atoms with Crippen molar-refractivity contribution in [1.29, 1.82) is 0 Å². The standard InChI is InChI=1S/C13H25NO2/c1-12(2,3)10-7-8-14(9-10)11(15)16-13(4,5)6/h10H,7-9H2,1-6H3/t10-/m1/s1. The summed E-state index contributed by atoms with van der Waals surface area (Å²) in [5.41, 5.74) is -0.117. The second-order valence-corrected chi connectivity index (χ2v) is 6.78. The van der Waals surface area contributed by atoms with E-state index in [0.717, 1.165) is 19.5 Å². The fourth-order valence-electron chi connectivity index (χ4n) is 1.96. The van der Waals surface area contributed by atoms with Gasteiger partial charge in [0, 0.05) is 13.1 Å². The Morgan fingerprint density at radius 2 is 1.75 bits per heavy atom. The second-order valence-electron chi connectivity index (χ2n) is 6.78. The van der Waals surface area contributed by atoms with Crippen LogP contribution in [-0.2, 0) is 4.74 Å². The molecule has 1 aliphatic rings. The van der Waals surface area contributed by atoms with Crippen LogP contribution in [0, 0.1) is 11.3 Å². The van der Waals surface area contributed by atoms with Gasteiger partial charge < -0.3 is 9.64 Å². The van der Waals surface area contributed by atoms with E-state index in [2.05, 4.69) is 20.8 Å². The van der Waals surface area contributed by atoms with Crippen LogP contribution in [-0.4, -0.2) is 29.7 Å². The molecule has 1 rings (SSSR count). The normalized spacial score (nSPS) is 22.4. The van der Waals surface area contributed by atoms with Gasteiger partial charge in [0.05, 0.1) is 0 Å². The summed E-state index contributed by atoms with van der Waals surface area (Å²) in [6.07, 6.45) is 0.919. The van der Waals surface area contributed by atoms with Crippen molar-refractivity contribution in [2.45, 2.75) is 53.6 Å². The average molecular weight is 227 g/mol. The molecule has 0 N–H and O–H groups in total. The Morgan fingerprint density at radius 1 is 1.19 bits per heavy atom. The molecule has 3 heteroatoms. The molecule has 0 bridgehead atoms. The van der Waals surface area contributed by atoms with Crippen LogP contribution in [0.3, 0.4) is 0 Å². The number of amides is 1. The minimum Gasteiger partial charge on any atom is -0.444 e. The van der Waals surface area contributed by atoms with Gasteiger partial charge >= 0.3 is 6.09 Å². The van der Waals surface area contributed by atoms with Crippen LogP contribution in [0.2, 0.25) is 0 Å². The largest absolute Gasteiger partial charge is 0.444 e. The number of hydrogen-bond donors (Lipinski definition) is 0. The van der Waals surface area contributed by atoms with Gasteiger partial charge in [-0.1, -0.05) is 20.8 Å². The van der Waals surface area contributed by atoms with Gasteiger partial charge in [0.2, 0.25) is 0 Å². The first kappa shape index (κ1) is 13.3. The number of carbonyl (C=O) groups is 1. The molecule has 1 aliphatic heterocycles. The maximum atomic E-state index is 11.8. The van der Waals surface area contributed by atoms with Gasteiger partial charge in [0.15, 0.2) is 0 Å². The molecule has 0 aromatic heterocycles. The highest BCUT2D eigenvalue weighted by atomic mass is 16.6. The molecule has 1 atom stereocenters. The van der Waals surface area contributed by atoms with Crippen LogP contribution >= 0.6 is 0 Å². The van der Waals surface area contributed by atoms with Gasteiger partial charge in [-0.15, -0.1) is 0 Å². The number of ether oxygens (including phenoxy) is 1. The lowest BCUT2D eigenvalue weighted by atomic mass is 9.80. The predicted octanol–water partition coefficient (Wildman–Crippen LogP) is 3.29. The first-order valence-corrected chi connectivity index (χ1v) is 6.07. The number of rotatable bonds is 0. The van der Waals surface area contributed by atoms with Gasteiger partial charge in [-0.3, -0.25) is 0 Å². The van der Waals surface area contributed by atoms with Gasteiger partial charge in [0.1, 0.15) is 5.60 Å². The SMILES string of the molecule is CC(C)(C)OC(=O)N1CC[C@@H](C(C)(C)C)C1. The van der Waals surface area contributed by atoms with Crippen LogP contribution in [0.5, 0.6) is 0 Å². The molecule has 0 unspecified atom stereocenters. The fourth-order valence-corrected chi connectivity index (χ4v) is 1.96. The van der Waals surface area contributed by atoms with Crippen LogP contribution < -0.4 is 0 Å². The maximum Gasteiger partial charge on any atom is 0.410 e. The van der Waals surface area contributed by atoms with Crippen molar-refractivity contribution in [2.75, 3.05) is 13.1 Å². The first-order valence-electron chi connectivity index (χ1n) is 6.07. The summed E-state index contributed by atoms with van der Waals surface area (Å²) in [5, 5.41) is 0. The molecular weight excluding hydrogens is 202 g/mol. The topological polar surface area (TPSA) is 29.5 Å². The number of likely N-dealkylation sites (tertiary alicyclic amines) is 1. The lowest BCUT2D eigenvalue weighted by Gasteiger charge is -2.28. The smallest absolute Gasteiger partial charge is 0.410 e. The summed E-state index contributed by atoms with van der Waals surface area (Å²) in [4.78, 5) is 13.7. The van der Waals surface area contributed by atoms with Crippen LogP contribution in [0.15, 0.2) is 0 Å². The Balaban J connectivity index is 2.51. The number of carbonyl (C=O) groups excluding carboxylic acids is 1. The van der Waals surface area contributed by atoms with E-state index in [0.29, 0.717) is 5.92 Å². The quantitative estimate of drug-likeness (QED) is 0.635. The van der Waals surface area contributed by atoms with Crippen molar-refractivity contribution in [3.8, 4) is 0 Å². The van der Waals surface area contributed by atoms with E-state index >= 15 is 0 Å². The summed E-state index contributed by atoms with van der Waals surface area (Å²) in [6.45, 7) is 14.1. The minimum atomic E-state index is -0.392. The van der Waals surface area contributed by atoms with Crippen LogP contribution in [0.1, 0.15) is 48.0 Å². The zero-order valence-electron chi connectivity index (χ0n) is 11.5. The third-order valence-corrected chi connectivity index (χ3v) is 3.06. The molecule has 3 nitrogen and oxygen atoms in total. The van der Waals surface area contributed by atoms with Crippen molar-refractivity contribution in [2.24, 2.45) is 11.3 Å². The molecule has 94 valence electrons. The lowest BCUT2D eigenvalue weighted by molar-refractivity contribution is 0.0278. The Hall–Kier alpha value is -0.730. The summed E-state index contributed by atoms with van der Waals surface area (Å²) >= 11 is 0. The van der Waals surface area contributed by atoms with Crippen molar-refractivity contribution < 1.29 is 9.53 Å². The Morgan fingerprint density at radius 3 is 2.12 bits per heavy atom. The summed E-state index contributed by atoms with van der Waals surface area (Å²) < 4.78 is 5.37. The highest BCUT2D eigenvalue weighted by Crippen LogP contribution is 2.33. The highest BCUT2D eigenvalue weighted by molar-refractivity contribution is 5.68. The molecule has 16 heavy (non-hydrogen) atoms. The number of nitrogens with zero attached hydrogens (tertiary/aromatic N) is 1. The fraction of sp³-hybridized carbons (Fsp3) is 0.923. The molecule has 0 saturated carbocycles. The highest BCUT2D eigenvalue weighted by Gasteiger charge is 2.35. The van der Waals surface area contributed by atoms with Crippen molar-refractivity contribution >= 4 is 6.09 Å². The first-order chi connectivity index (χ1) is 7.09. The maximum absolute atomic E-state index is 11.8. The van der Waals surface area contributed by atoms with E-state index in [9.17, 15) is 4.79 Å². The molecule has 1 fully saturated rings. The molecule has 0 aromatic carbocycles. The van der Waals surface area contributed by atoms with Crippen molar-refractivity contribution in [1.82, 2.24) is 4.90 Å². The van der Waals surface area contributed by atoms with E-state index in [4.69, 9.17) is 4.74 Å². The van der Waals surface area contributed by atoms with Gasteiger partial charge in [-0.05, 0) is 38.5 Å². The number of hydrogen-bond acceptors (Lipinski definition) is 2. The molecule has 0 aliphatic carbocycles. The molecule has 1 saturated heterocycles. The summed E-state index contributed by atoms with van der Waals surface area (Å²) in [5.74, 6) is 0.583. The third kappa shape index (κ3) is 3.69. The second kappa shape index (κ2) is 4.27.